The number of aromatic nitrogens is 3. The van der Waals surface area contributed by atoms with Crippen LogP contribution in [0.5, 0.6) is 34.5 Å². The number of hydrogen-bond acceptors (Lipinski definition) is 27. The molecule has 3 aromatic rings. The van der Waals surface area contributed by atoms with Crippen molar-refractivity contribution >= 4 is 35.6 Å². The fourth-order valence-electron chi connectivity index (χ4n) is 14.1. The molecule has 30 nitrogen and oxygen atoms in total. The second kappa shape index (κ2) is 37.2. The maximum absolute atomic E-state index is 14.3. The van der Waals surface area contributed by atoms with E-state index < -0.39 is 126 Å². The monoisotopic (exact) mass is 1420 g/mol. The van der Waals surface area contributed by atoms with Crippen LogP contribution < -0.4 is 30.2 Å². The lowest BCUT2D eigenvalue weighted by Gasteiger charge is -2.41. The fraction of sp³-hybridized carbons (Fsp3) is 0.704. The van der Waals surface area contributed by atoms with E-state index >= 15 is 0 Å². The zero-order valence-corrected chi connectivity index (χ0v) is 59.2. The smallest absolute Gasteiger partial charge is 0.331 e. The van der Waals surface area contributed by atoms with Crippen LogP contribution in [-0.2, 0) is 66.5 Å². The zero-order chi connectivity index (χ0) is 72.4. The number of methoxy groups -OCH3 is 3. The molecule has 7 N–H and O–H groups in total. The molecule has 3 aliphatic carbocycles. The van der Waals surface area contributed by atoms with Crippen LogP contribution in [0.15, 0.2) is 36.8 Å². The van der Waals surface area contributed by atoms with Crippen LogP contribution in [0, 0.1) is 29.6 Å². The number of nitrogens with one attached hydrogen (secondary N) is 3. The first kappa shape index (κ1) is 77.9. The summed E-state index contributed by atoms with van der Waals surface area (Å²) in [4.78, 5) is 94.1. The quantitative estimate of drug-likeness (QED) is 0.0445. The van der Waals surface area contributed by atoms with Gasteiger partial charge in [0, 0.05) is 50.0 Å². The van der Waals surface area contributed by atoms with E-state index in [1.807, 2.05) is 27.7 Å². The Labute approximate surface area is 588 Å². The maximum atomic E-state index is 14.3. The normalized spacial score (nSPS) is 31.1. The Morgan fingerprint density at radius 2 is 0.931 bits per heavy atom. The van der Waals surface area contributed by atoms with Crippen LogP contribution in [-0.4, -0.2) is 237 Å². The topological polar surface area (TPSA) is 387 Å². The van der Waals surface area contributed by atoms with Crippen molar-refractivity contribution in [1.29, 1.82) is 0 Å². The Bertz CT molecular complexity index is 3220. The molecule has 3 aliphatic heterocycles. The molecule has 0 radical (unpaired) electrons. The van der Waals surface area contributed by atoms with Gasteiger partial charge in [0.05, 0.1) is 79.3 Å². The van der Waals surface area contributed by atoms with Crippen LogP contribution in [0.1, 0.15) is 156 Å². The van der Waals surface area contributed by atoms with Crippen LogP contribution in [0.2, 0.25) is 0 Å². The molecule has 3 saturated heterocycles. The van der Waals surface area contributed by atoms with Gasteiger partial charge in [-0.3, -0.25) is 14.4 Å². The van der Waals surface area contributed by atoms with Gasteiger partial charge in [-0.2, -0.15) is 0 Å². The Kier molecular flexibility index (Phi) is 28.7. The number of aliphatic hydroxyl groups is 1. The zero-order valence-electron chi connectivity index (χ0n) is 59.2. The molecule has 101 heavy (non-hydrogen) atoms. The maximum Gasteiger partial charge on any atom is 0.331 e. The summed E-state index contributed by atoms with van der Waals surface area (Å²) in [7, 11) is 4.00. The summed E-state index contributed by atoms with van der Waals surface area (Å²) in [6.45, 7) is 11.1. The minimum Gasteiger partial charge on any atom is -0.503 e. The molecule has 6 fully saturated rings. The van der Waals surface area contributed by atoms with Gasteiger partial charge in [-0.15, -0.1) is 0 Å². The average molecular weight is 1420 g/mol. The number of carbonyl (C=O) groups excluding carboxylic acids is 6. The average Bonchev–Trinajstić information content (AvgIpc) is 1.82. The van der Waals surface area contributed by atoms with Crippen molar-refractivity contribution < 1.29 is 116 Å². The van der Waals surface area contributed by atoms with Crippen molar-refractivity contribution in [3.8, 4) is 34.5 Å². The van der Waals surface area contributed by atoms with Crippen molar-refractivity contribution in [3.63, 3.8) is 0 Å². The van der Waals surface area contributed by atoms with Gasteiger partial charge in [0.15, 0.2) is 69.7 Å². The summed E-state index contributed by atoms with van der Waals surface area (Å²) < 4.78 is 85.4. The molecule has 30 heteroatoms. The van der Waals surface area contributed by atoms with Crippen LogP contribution in [0.25, 0.3) is 0 Å². The first-order valence-electron chi connectivity index (χ1n) is 35.3. The highest BCUT2D eigenvalue weighted by atomic mass is 16.6. The predicted molar refractivity (Wildman–Crippen MR) is 356 cm³/mol. The molecule has 0 bridgehead atoms. The van der Waals surface area contributed by atoms with Crippen LogP contribution in [0.4, 0.5) is 0 Å². The number of amides is 3. The molecule has 0 aromatic carbocycles. The number of esters is 3. The largest absolute Gasteiger partial charge is 0.503 e. The van der Waals surface area contributed by atoms with E-state index in [0.29, 0.717) is 57.7 Å². The highest BCUT2D eigenvalue weighted by Gasteiger charge is 2.45. The third kappa shape index (κ3) is 21.0. The summed E-state index contributed by atoms with van der Waals surface area (Å²) in [6, 6.07) is 0.266. The molecule has 3 aromatic heterocycles. The second-order valence-corrected chi connectivity index (χ2v) is 27.9. The van der Waals surface area contributed by atoms with Crippen molar-refractivity contribution in [2.45, 2.75) is 216 Å². The number of ether oxygens (including phenoxy) is 14. The number of aromatic hydroxyl groups is 3. The number of pyridine rings is 3. The molecule has 560 valence electrons. The van der Waals surface area contributed by atoms with E-state index in [4.69, 9.17) is 66.3 Å². The number of rotatable bonds is 24. The van der Waals surface area contributed by atoms with E-state index in [1.165, 1.54) is 58.1 Å². The van der Waals surface area contributed by atoms with E-state index in [9.17, 15) is 49.2 Å². The van der Waals surface area contributed by atoms with Crippen molar-refractivity contribution in [1.82, 2.24) is 30.9 Å². The van der Waals surface area contributed by atoms with Gasteiger partial charge in [0.2, 0.25) is 0 Å². The minimum absolute atomic E-state index is 0.00286. The van der Waals surface area contributed by atoms with Crippen LogP contribution in [0.3, 0.4) is 0 Å². The van der Waals surface area contributed by atoms with Gasteiger partial charge >= 0.3 is 17.9 Å². The molecular formula is C71H102N6O24. The van der Waals surface area contributed by atoms with Gasteiger partial charge < -0.3 is 103 Å². The molecule has 9 rings (SSSR count). The Morgan fingerprint density at radius 1 is 0.505 bits per heavy atom. The third-order valence-corrected chi connectivity index (χ3v) is 19.5. The summed E-state index contributed by atoms with van der Waals surface area (Å²) >= 11 is 0. The number of hydrogen-bond donors (Lipinski definition) is 7. The van der Waals surface area contributed by atoms with Gasteiger partial charge in [0.1, 0.15) is 54.9 Å². The van der Waals surface area contributed by atoms with Crippen LogP contribution >= 0.6 is 0 Å². The lowest BCUT2D eigenvalue weighted by Crippen LogP contribution is -2.49. The molecule has 0 spiro atoms. The second-order valence-electron chi connectivity index (χ2n) is 27.9. The standard InChI is InChI=1S/C71H102N6O24/c1-37(2)29-94-55-35-92-31-47(75-66(82)57-61(79)50(88-7)21-24-72-57)70(86)97-40(6)65(55)100-45-19-15-42(16-20-45)43-11-10-12-46(28-43)99-54-34-91-33-49(77-68(84)59-63(81)52(90-9)23-26-74-59)71(87)101-53(60(54)78)27-41-13-17-44(18-14-41)98-56-36-93-32-48(69(85)96-39(5)64(56)95-30-38(3)4)76-67(83)58-62(80)51(89-8)22-25-73-58/h21-26,37-49,53-56,60,64-65,78-81H,10-20,27-36H2,1-9H3,(H,75,82)(H,76,83)(H,77,84). The molecule has 6 aliphatic rings. The first-order valence-corrected chi connectivity index (χ1v) is 35.3. The molecule has 14 atom stereocenters. The molecule has 6 heterocycles. The summed E-state index contributed by atoms with van der Waals surface area (Å²) in [5.74, 6) is -5.62. The first-order chi connectivity index (χ1) is 48.5. The fourth-order valence-corrected chi connectivity index (χ4v) is 14.1. The van der Waals surface area contributed by atoms with Gasteiger partial charge in [-0.25, -0.2) is 29.3 Å². The number of nitrogens with zero attached hydrogens (tertiary/aromatic N) is 3. The predicted octanol–water partition coefficient (Wildman–Crippen LogP) is 5.24. The van der Waals surface area contributed by atoms with Gasteiger partial charge in [0.25, 0.3) is 17.7 Å². The Balaban J connectivity index is 0.835. The molecular weight excluding hydrogens is 1320 g/mol. The Morgan fingerprint density at radius 3 is 1.42 bits per heavy atom. The third-order valence-electron chi connectivity index (χ3n) is 19.5. The Hall–Kier alpha value is -7.29. The molecule has 3 saturated carbocycles. The summed E-state index contributed by atoms with van der Waals surface area (Å²) in [6.07, 6.45) is 4.04. The number of carbonyl (C=O) groups is 6. The highest BCUT2D eigenvalue weighted by molar-refractivity contribution is 5.99. The SMILES string of the molecule is COc1ccnc(C(=O)NC2COCC(OC3CCC(CC4OC(=O)C(NC(=O)c5nccc(OC)c5O)COCC(OC5CCCC(C6CCC(OC7C(C)OC(=O)C(NC(=O)c8nccc(OC)c8O)COCC7OCC(C)C)CC6)C5)C4O)CC3)C(OCC(C)C)C(C)OC2=O)c1O. The minimum atomic E-state index is -1.38. The lowest BCUT2D eigenvalue weighted by molar-refractivity contribution is -0.182. The molecule has 3 amide bonds. The van der Waals surface area contributed by atoms with E-state index in [1.54, 1.807) is 13.8 Å². The van der Waals surface area contributed by atoms with Gasteiger partial charge in [-0.05, 0) is 120 Å². The number of cyclic esters (lactones) is 3. The highest BCUT2D eigenvalue weighted by Crippen LogP contribution is 2.42. The van der Waals surface area contributed by atoms with Crippen molar-refractivity contribution in [3.05, 3.63) is 53.9 Å². The number of aliphatic hydroxyl groups excluding tert-OH is 1. The van der Waals surface area contributed by atoms with E-state index in [2.05, 4.69) is 30.9 Å². The molecule has 14 unspecified atom stereocenters. The summed E-state index contributed by atoms with van der Waals surface area (Å²) in [5, 5.41) is 52.4. The van der Waals surface area contributed by atoms with E-state index in [0.717, 1.165) is 38.5 Å². The summed E-state index contributed by atoms with van der Waals surface area (Å²) in [5.41, 5.74) is -1.07. The van der Waals surface area contributed by atoms with E-state index in [-0.39, 0.29) is 122 Å². The van der Waals surface area contributed by atoms with Crippen molar-refractivity contribution in [2.24, 2.45) is 29.6 Å². The van der Waals surface area contributed by atoms with Crippen molar-refractivity contribution in [2.75, 3.05) is 74.2 Å². The lowest BCUT2D eigenvalue weighted by atomic mass is 9.72. The van der Waals surface area contributed by atoms with Gasteiger partial charge in [-0.1, -0.05) is 34.1 Å².